The number of carbonyl (C=O) groups excluding carboxylic acids is 1. The zero-order valence-electron chi connectivity index (χ0n) is 13.1. The molecular formula is C13H27NO8. The van der Waals surface area contributed by atoms with Crippen molar-refractivity contribution >= 4 is 5.91 Å². The third-order valence-electron chi connectivity index (χ3n) is 2.85. The molecule has 0 spiro atoms. The van der Waals surface area contributed by atoms with Gasteiger partial charge in [0.15, 0.2) is 6.29 Å². The van der Waals surface area contributed by atoms with Crippen LogP contribution in [0.3, 0.4) is 0 Å². The summed E-state index contributed by atoms with van der Waals surface area (Å²) < 4.78 is 15.3. The van der Waals surface area contributed by atoms with Crippen molar-refractivity contribution in [2.75, 3.05) is 33.5 Å². The van der Waals surface area contributed by atoms with Gasteiger partial charge in [0.1, 0.15) is 24.4 Å². The molecule has 9 nitrogen and oxygen atoms in total. The van der Waals surface area contributed by atoms with Crippen LogP contribution in [0.1, 0.15) is 13.8 Å². The number of hydrogen-bond donors (Lipinski definition) is 5. The molecule has 0 saturated heterocycles. The third kappa shape index (κ3) is 7.99. The van der Waals surface area contributed by atoms with Crippen LogP contribution in [-0.2, 0) is 19.0 Å². The minimum atomic E-state index is -1.25. The number of aliphatic hydroxyl groups is 4. The first-order chi connectivity index (χ1) is 10.4. The Morgan fingerprint density at radius 3 is 2.23 bits per heavy atom. The number of nitrogens with one attached hydrogen (secondary N) is 1. The molecule has 132 valence electrons. The summed E-state index contributed by atoms with van der Waals surface area (Å²) in [6.07, 6.45) is -5.71. The predicted molar refractivity (Wildman–Crippen MR) is 76.0 cm³/mol. The second-order valence-corrected chi connectivity index (χ2v) is 4.68. The number of ether oxygens (including phenoxy) is 3. The van der Waals surface area contributed by atoms with Crippen LogP contribution < -0.4 is 5.32 Å². The van der Waals surface area contributed by atoms with E-state index in [0.717, 1.165) is 0 Å². The van der Waals surface area contributed by atoms with E-state index in [4.69, 9.17) is 19.3 Å². The van der Waals surface area contributed by atoms with Crippen LogP contribution in [0.15, 0.2) is 0 Å². The monoisotopic (exact) mass is 325 g/mol. The van der Waals surface area contributed by atoms with Crippen molar-refractivity contribution in [3.63, 3.8) is 0 Å². The van der Waals surface area contributed by atoms with Gasteiger partial charge < -0.3 is 40.0 Å². The Balaban J connectivity index is 4.44. The van der Waals surface area contributed by atoms with Crippen molar-refractivity contribution in [2.24, 2.45) is 0 Å². The highest BCUT2D eigenvalue weighted by atomic mass is 16.7. The molecule has 0 aliphatic carbocycles. The van der Waals surface area contributed by atoms with Gasteiger partial charge in [-0.2, -0.15) is 0 Å². The van der Waals surface area contributed by atoms with Crippen LogP contribution >= 0.6 is 0 Å². The number of aliphatic hydroxyl groups excluding tert-OH is 4. The maximum absolute atomic E-state index is 10.8. The van der Waals surface area contributed by atoms with E-state index in [1.54, 1.807) is 6.92 Å². The van der Waals surface area contributed by atoms with Gasteiger partial charge in [0, 0.05) is 27.2 Å². The molecule has 0 fully saturated rings. The second kappa shape index (κ2) is 11.7. The molecule has 0 saturated carbocycles. The van der Waals surface area contributed by atoms with E-state index in [1.165, 1.54) is 14.0 Å². The fraction of sp³-hybridized carbons (Fsp3) is 0.923. The van der Waals surface area contributed by atoms with Gasteiger partial charge in [0.2, 0.25) is 5.91 Å². The fourth-order valence-electron chi connectivity index (χ4n) is 1.74. The quantitative estimate of drug-likeness (QED) is 0.250. The largest absolute Gasteiger partial charge is 0.393 e. The molecule has 1 amide bonds. The highest BCUT2D eigenvalue weighted by Crippen LogP contribution is 2.09. The minimum Gasteiger partial charge on any atom is -0.393 e. The molecule has 0 heterocycles. The fourth-order valence-corrected chi connectivity index (χ4v) is 1.74. The predicted octanol–water partition coefficient (Wildman–Crippen LogP) is -2.41. The molecule has 5 N–H and O–H groups in total. The maximum atomic E-state index is 10.8. The Labute approximate surface area is 129 Å². The third-order valence-corrected chi connectivity index (χ3v) is 2.85. The highest BCUT2D eigenvalue weighted by Gasteiger charge is 2.29. The van der Waals surface area contributed by atoms with E-state index >= 15 is 0 Å². The smallest absolute Gasteiger partial charge is 0.216 e. The molecule has 0 aliphatic rings. The first-order valence-corrected chi connectivity index (χ1v) is 7.02. The Morgan fingerprint density at radius 2 is 1.77 bits per heavy atom. The summed E-state index contributed by atoms with van der Waals surface area (Å²) in [7, 11) is 1.30. The van der Waals surface area contributed by atoms with Crippen LogP contribution in [-0.4, -0.2) is 90.5 Å². The lowest BCUT2D eigenvalue weighted by molar-refractivity contribution is -0.218. The first-order valence-electron chi connectivity index (χ1n) is 7.02. The summed E-state index contributed by atoms with van der Waals surface area (Å²) >= 11 is 0. The SMILES string of the molecule is CCO[C@@H](OCC(O)[C@@H](OC)C(O)CNC(C)=O)C(O)CO. The Bertz CT molecular complexity index is 304. The summed E-state index contributed by atoms with van der Waals surface area (Å²) in [5.74, 6) is -0.317. The highest BCUT2D eigenvalue weighted by molar-refractivity contribution is 5.72. The molecule has 0 radical (unpaired) electrons. The summed E-state index contributed by atoms with van der Waals surface area (Å²) in [5, 5.41) is 40.7. The van der Waals surface area contributed by atoms with E-state index in [0.29, 0.717) is 0 Å². The van der Waals surface area contributed by atoms with Crippen molar-refractivity contribution < 1.29 is 39.4 Å². The zero-order chi connectivity index (χ0) is 17.1. The van der Waals surface area contributed by atoms with E-state index in [1.807, 2.05) is 0 Å². The standard InChI is InChI=1S/C13H27NO8/c1-4-21-13(10(18)6-15)22-7-11(19)12(20-3)9(17)5-14-8(2)16/h9-13,15,17-19H,4-7H2,1-3H3,(H,14,16)/t9?,10?,11?,12-,13-/m0/s1. The van der Waals surface area contributed by atoms with Gasteiger partial charge >= 0.3 is 0 Å². The van der Waals surface area contributed by atoms with Crippen LogP contribution in [0, 0.1) is 0 Å². The Hall–Kier alpha value is -0.810. The molecule has 0 aromatic carbocycles. The van der Waals surface area contributed by atoms with Crippen molar-refractivity contribution in [2.45, 2.75) is 44.6 Å². The summed E-state index contributed by atoms with van der Waals surface area (Å²) in [4.78, 5) is 10.8. The zero-order valence-corrected chi connectivity index (χ0v) is 13.1. The van der Waals surface area contributed by atoms with Gasteiger partial charge in [-0.15, -0.1) is 0 Å². The lowest BCUT2D eigenvalue weighted by Gasteiger charge is -2.28. The van der Waals surface area contributed by atoms with Crippen LogP contribution in [0.4, 0.5) is 0 Å². The van der Waals surface area contributed by atoms with Gasteiger partial charge in [0.05, 0.1) is 13.2 Å². The molecule has 0 aromatic rings. The van der Waals surface area contributed by atoms with Gasteiger partial charge in [-0.3, -0.25) is 4.79 Å². The minimum absolute atomic E-state index is 0.0843. The average Bonchev–Trinajstić information content (AvgIpc) is 2.49. The van der Waals surface area contributed by atoms with Crippen LogP contribution in [0.25, 0.3) is 0 Å². The summed E-state index contributed by atoms with van der Waals surface area (Å²) in [5.41, 5.74) is 0. The lowest BCUT2D eigenvalue weighted by Crippen LogP contribution is -2.48. The topological polar surface area (TPSA) is 138 Å². The first kappa shape index (κ1) is 21.2. The Morgan fingerprint density at radius 1 is 1.14 bits per heavy atom. The van der Waals surface area contributed by atoms with Crippen LogP contribution in [0.2, 0.25) is 0 Å². The number of hydrogen-bond acceptors (Lipinski definition) is 8. The number of carbonyl (C=O) groups is 1. The van der Waals surface area contributed by atoms with Gasteiger partial charge in [-0.25, -0.2) is 0 Å². The molecule has 0 aliphatic heterocycles. The van der Waals surface area contributed by atoms with E-state index < -0.39 is 37.3 Å². The van der Waals surface area contributed by atoms with Gasteiger partial charge in [-0.1, -0.05) is 0 Å². The summed E-state index contributed by atoms with van der Waals surface area (Å²) in [6, 6.07) is 0. The number of amides is 1. The van der Waals surface area contributed by atoms with Crippen molar-refractivity contribution in [1.82, 2.24) is 5.32 Å². The molecule has 0 rings (SSSR count). The lowest BCUT2D eigenvalue weighted by atomic mass is 10.1. The van der Waals surface area contributed by atoms with Gasteiger partial charge in [0.25, 0.3) is 0 Å². The molecule has 0 bridgehead atoms. The number of methoxy groups -OCH3 is 1. The average molecular weight is 325 g/mol. The van der Waals surface area contributed by atoms with Crippen molar-refractivity contribution in [3.8, 4) is 0 Å². The molecule has 3 unspecified atom stereocenters. The normalized spacial score (nSPS) is 18.3. The molecule has 22 heavy (non-hydrogen) atoms. The van der Waals surface area contributed by atoms with Gasteiger partial charge in [-0.05, 0) is 6.92 Å². The Kier molecular flexibility index (Phi) is 11.3. The van der Waals surface area contributed by atoms with E-state index in [9.17, 15) is 20.1 Å². The van der Waals surface area contributed by atoms with E-state index in [2.05, 4.69) is 5.32 Å². The molecular weight excluding hydrogens is 298 g/mol. The summed E-state index contributed by atoms with van der Waals surface area (Å²) in [6.45, 7) is 2.30. The molecule has 0 aromatic heterocycles. The molecule has 9 heteroatoms. The maximum Gasteiger partial charge on any atom is 0.216 e. The second-order valence-electron chi connectivity index (χ2n) is 4.68. The van der Waals surface area contributed by atoms with E-state index in [-0.39, 0.29) is 25.7 Å². The van der Waals surface area contributed by atoms with Crippen molar-refractivity contribution in [3.05, 3.63) is 0 Å². The van der Waals surface area contributed by atoms with Crippen LogP contribution in [0.5, 0.6) is 0 Å². The van der Waals surface area contributed by atoms with Crippen molar-refractivity contribution in [1.29, 1.82) is 0 Å². The molecule has 5 atom stereocenters. The number of rotatable bonds is 12.